The lowest BCUT2D eigenvalue weighted by Gasteiger charge is -2.09. The first-order valence-corrected chi connectivity index (χ1v) is 9.12. The molecule has 0 fully saturated rings. The van der Waals surface area contributed by atoms with Crippen molar-refractivity contribution < 1.29 is 14.7 Å². The molecule has 6 nitrogen and oxygen atoms in total. The van der Waals surface area contributed by atoms with Gasteiger partial charge >= 0.3 is 5.97 Å². The smallest absolute Gasteiger partial charge is 0.305 e. The third-order valence-electron chi connectivity index (χ3n) is 4.15. The molecule has 1 amide bonds. The summed E-state index contributed by atoms with van der Waals surface area (Å²) in [5, 5.41) is 11.5. The minimum absolute atomic E-state index is 0.0364. The predicted octanol–water partition coefficient (Wildman–Crippen LogP) is 3.09. The van der Waals surface area contributed by atoms with Crippen LogP contribution in [0.4, 0.5) is 0 Å². The second-order valence-electron chi connectivity index (χ2n) is 6.08. The molecule has 0 aliphatic heterocycles. The van der Waals surface area contributed by atoms with E-state index in [4.69, 9.17) is 5.11 Å². The molecule has 0 bridgehead atoms. The summed E-state index contributed by atoms with van der Waals surface area (Å²) >= 11 is 3.51. The minimum Gasteiger partial charge on any atom is -0.481 e. The Hall–Kier alpha value is -2.93. The van der Waals surface area contributed by atoms with Crippen molar-refractivity contribution in [3.63, 3.8) is 0 Å². The van der Waals surface area contributed by atoms with Crippen LogP contribution in [0, 0.1) is 0 Å². The maximum absolute atomic E-state index is 12.7. The zero-order valence-corrected chi connectivity index (χ0v) is 15.9. The van der Waals surface area contributed by atoms with E-state index >= 15 is 0 Å². The van der Waals surface area contributed by atoms with Crippen molar-refractivity contribution in [2.24, 2.45) is 0 Å². The van der Waals surface area contributed by atoms with Crippen LogP contribution in [0.5, 0.6) is 0 Å². The number of carbonyl (C=O) groups excluding carboxylic acids is 1. The number of carbonyl (C=O) groups is 2. The van der Waals surface area contributed by atoms with Gasteiger partial charge in [-0.15, -0.1) is 0 Å². The fraction of sp³-hybridized carbons (Fsp3) is 0.150. The largest absolute Gasteiger partial charge is 0.481 e. The lowest BCUT2D eigenvalue weighted by molar-refractivity contribution is -0.136. The van der Waals surface area contributed by atoms with Gasteiger partial charge in [-0.1, -0.05) is 46.3 Å². The van der Waals surface area contributed by atoms with E-state index in [-0.39, 0.29) is 18.5 Å². The van der Waals surface area contributed by atoms with Crippen LogP contribution < -0.4 is 10.7 Å². The number of halogens is 1. The molecule has 138 valence electrons. The van der Waals surface area contributed by atoms with Gasteiger partial charge in [-0.3, -0.25) is 14.4 Å². The molecule has 0 aliphatic rings. The highest BCUT2D eigenvalue weighted by atomic mass is 79.9. The maximum Gasteiger partial charge on any atom is 0.305 e. The Morgan fingerprint density at radius 2 is 1.89 bits per heavy atom. The van der Waals surface area contributed by atoms with Gasteiger partial charge in [0.15, 0.2) is 0 Å². The van der Waals surface area contributed by atoms with Crippen molar-refractivity contribution in [1.82, 2.24) is 10.3 Å². The van der Waals surface area contributed by atoms with Crippen molar-refractivity contribution in [3.05, 3.63) is 80.0 Å². The van der Waals surface area contributed by atoms with Crippen molar-refractivity contribution in [2.45, 2.75) is 12.8 Å². The minimum atomic E-state index is -1.02. The van der Waals surface area contributed by atoms with Gasteiger partial charge in [0, 0.05) is 28.1 Å². The van der Waals surface area contributed by atoms with E-state index in [1.807, 2.05) is 36.4 Å². The highest BCUT2D eigenvalue weighted by molar-refractivity contribution is 9.10. The van der Waals surface area contributed by atoms with Gasteiger partial charge < -0.3 is 15.4 Å². The first kappa shape index (κ1) is 18.8. The van der Waals surface area contributed by atoms with Crippen molar-refractivity contribution >= 4 is 38.7 Å². The molecule has 7 heteroatoms. The quantitative estimate of drug-likeness (QED) is 0.561. The van der Waals surface area contributed by atoms with Crippen molar-refractivity contribution in [1.29, 1.82) is 0 Å². The third-order valence-corrected chi connectivity index (χ3v) is 4.89. The number of H-pyrrole nitrogens is 1. The molecule has 27 heavy (non-hydrogen) atoms. The summed E-state index contributed by atoms with van der Waals surface area (Å²) in [5.74, 6) is -1.61. The van der Waals surface area contributed by atoms with Crippen LogP contribution in [0.25, 0.3) is 10.9 Å². The number of hydrogen-bond donors (Lipinski definition) is 3. The van der Waals surface area contributed by atoms with Crippen LogP contribution in [0.1, 0.15) is 27.9 Å². The molecule has 1 aromatic heterocycles. The van der Waals surface area contributed by atoms with Crippen LogP contribution in [0.2, 0.25) is 0 Å². The van der Waals surface area contributed by atoms with Gasteiger partial charge in [-0.25, -0.2) is 0 Å². The number of hydrogen-bond acceptors (Lipinski definition) is 3. The van der Waals surface area contributed by atoms with Gasteiger partial charge in [-0.05, 0) is 29.7 Å². The van der Waals surface area contributed by atoms with Crippen molar-refractivity contribution in [2.75, 3.05) is 6.54 Å². The molecule has 0 atom stereocenters. The van der Waals surface area contributed by atoms with Gasteiger partial charge in [-0.2, -0.15) is 0 Å². The molecule has 0 unspecified atom stereocenters. The third kappa shape index (κ3) is 4.43. The van der Waals surface area contributed by atoms with E-state index in [1.165, 1.54) is 6.20 Å². The summed E-state index contributed by atoms with van der Waals surface area (Å²) in [6.45, 7) is -0.0364. The maximum atomic E-state index is 12.7. The number of aromatic nitrogens is 1. The second-order valence-corrected chi connectivity index (χ2v) is 6.94. The first-order chi connectivity index (χ1) is 13.0. The van der Waals surface area contributed by atoms with Crippen LogP contribution in [-0.4, -0.2) is 28.5 Å². The number of benzene rings is 2. The number of nitrogens with one attached hydrogen (secondary N) is 2. The summed E-state index contributed by atoms with van der Waals surface area (Å²) in [4.78, 5) is 38.3. The first-order valence-electron chi connectivity index (χ1n) is 8.33. The monoisotopic (exact) mass is 428 g/mol. The Bertz CT molecular complexity index is 1060. The van der Waals surface area contributed by atoms with Crippen LogP contribution in [0.15, 0.2) is 57.9 Å². The molecule has 1 heterocycles. The van der Waals surface area contributed by atoms with Crippen LogP contribution in [0.3, 0.4) is 0 Å². The lowest BCUT2D eigenvalue weighted by Crippen LogP contribution is -2.30. The summed E-state index contributed by atoms with van der Waals surface area (Å²) in [6.07, 6.45) is 1.86. The normalized spacial score (nSPS) is 10.7. The number of rotatable bonds is 6. The van der Waals surface area contributed by atoms with E-state index in [0.717, 1.165) is 15.6 Å². The molecule has 0 saturated heterocycles. The Morgan fingerprint density at radius 1 is 1.15 bits per heavy atom. The fourth-order valence-corrected chi connectivity index (χ4v) is 3.27. The number of fused-ring (bicyclic) bond motifs is 1. The Kier molecular flexibility index (Phi) is 5.71. The van der Waals surface area contributed by atoms with Gasteiger partial charge in [0.1, 0.15) is 5.56 Å². The average molecular weight is 429 g/mol. The molecule has 3 aromatic rings. The summed E-state index contributed by atoms with van der Waals surface area (Å²) in [6, 6.07) is 13.6. The zero-order chi connectivity index (χ0) is 19.4. The van der Waals surface area contributed by atoms with E-state index in [2.05, 4.69) is 26.2 Å². The van der Waals surface area contributed by atoms with Gasteiger partial charge in [0.2, 0.25) is 5.43 Å². The number of aromatic amines is 1. The SMILES string of the molecule is O=C(O)CCNC(=O)c1c[nH]c2cc(Cc3ccccc3)c(Br)cc2c1=O. The van der Waals surface area contributed by atoms with E-state index < -0.39 is 17.3 Å². The summed E-state index contributed by atoms with van der Waals surface area (Å²) in [7, 11) is 0. The Balaban J connectivity index is 1.90. The predicted molar refractivity (Wildman–Crippen MR) is 106 cm³/mol. The highest BCUT2D eigenvalue weighted by Crippen LogP contribution is 2.24. The van der Waals surface area contributed by atoms with E-state index in [9.17, 15) is 14.4 Å². The highest BCUT2D eigenvalue weighted by Gasteiger charge is 2.15. The second kappa shape index (κ2) is 8.18. The molecule has 3 N–H and O–H groups in total. The van der Waals surface area contributed by atoms with Gasteiger partial charge in [0.05, 0.1) is 6.42 Å². The number of pyridine rings is 1. The molecular weight excluding hydrogens is 412 g/mol. The number of amides is 1. The van der Waals surface area contributed by atoms with Gasteiger partial charge in [0.25, 0.3) is 5.91 Å². The average Bonchev–Trinajstić information content (AvgIpc) is 2.64. The topological polar surface area (TPSA) is 99.3 Å². The number of carboxylic acid groups (broad SMARTS) is 1. The van der Waals surface area contributed by atoms with Crippen LogP contribution >= 0.6 is 15.9 Å². The molecule has 0 saturated carbocycles. The van der Waals surface area contributed by atoms with Crippen LogP contribution in [-0.2, 0) is 11.2 Å². The lowest BCUT2D eigenvalue weighted by atomic mass is 10.0. The molecule has 0 radical (unpaired) electrons. The zero-order valence-electron chi connectivity index (χ0n) is 14.3. The summed E-state index contributed by atoms with van der Waals surface area (Å²) in [5.41, 5.74) is 2.35. The molecule has 2 aromatic carbocycles. The molecule has 3 rings (SSSR count). The molecule has 0 spiro atoms. The number of aliphatic carboxylic acids is 1. The number of carboxylic acids is 1. The standard InChI is InChI=1S/C20H17BrN2O4/c21-16-10-14-17(9-13(16)8-12-4-2-1-3-5-12)23-11-15(19(14)26)20(27)22-7-6-18(24)25/h1-5,9-11H,6-8H2,(H,22,27)(H,23,26)(H,24,25). The van der Waals surface area contributed by atoms with Crippen molar-refractivity contribution in [3.8, 4) is 0 Å². The van der Waals surface area contributed by atoms with E-state index in [1.54, 1.807) is 6.07 Å². The molecule has 0 aliphatic carbocycles. The fourth-order valence-electron chi connectivity index (χ4n) is 2.78. The Labute approximate surface area is 163 Å². The Morgan fingerprint density at radius 3 is 2.59 bits per heavy atom. The van der Waals surface area contributed by atoms with E-state index in [0.29, 0.717) is 17.3 Å². The summed E-state index contributed by atoms with van der Waals surface area (Å²) < 4.78 is 0.785. The molecular formula is C20H17BrN2O4.